The van der Waals surface area contributed by atoms with Crippen LogP contribution in [-0.4, -0.2) is 10.9 Å². The maximum atomic E-state index is 12.0. The molecule has 0 radical (unpaired) electrons. The van der Waals surface area contributed by atoms with Crippen molar-refractivity contribution in [1.82, 2.24) is 4.98 Å². The molecule has 1 aromatic rings. The fraction of sp³-hybridized carbons (Fsp3) is 0.538. The Labute approximate surface area is 110 Å². The van der Waals surface area contributed by atoms with Crippen molar-refractivity contribution in [3.05, 3.63) is 22.3 Å². The quantitative estimate of drug-likeness (QED) is 0.905. The first-order chi connectivity index (χ1) is 8.16. The van der Waals surface area contributed by atoms with Crippen molar-refractivity contribution in [3.8, 4) is 0 Å². The second-order valence-corrected chi connectivity index (χ2v) is 5.44. The lowest BCUT2D eigenvalue weighted by Gasteiger charge is -2.20. The molecule has 0 aliphatic heterocycles. The van der Waals surface area contributed by atoms with E-state index in [9.17, 15) is 4.79 Å². The van der Waals surface area contributed by atoms with E-state index in [1.54, 1.807) is 0 Å². The lowest BCUT2D eigenvalue weighted by Crippen LogP contribution is -2.25. The Balaban J connectivity index is 1.99. The number of aryl methyl sites for hydroxylation is 1. The summed E-state index contributed by atoms with van der Waals surface area (Å²) in [6, 6.07) is 3.75. The molecule has 3 nitrogen and oxygen atoms in total. The smallest absolute Gasteiger partial charge is 0.228 e. The predicted octanol–water partition coefficient (Wildman–Crippen LogP) is 3.67. The molecule has 0 spiro atoms. The number of pyridine rings is 1. The van der Waals surface area contributed by atoms with Crippen LogP contribution in [0.4, 0.5) is 5.82 Å². The highest BCUT2D eigenvalue weighted by Gasteiger charge is 2.21. The number of nitrogens with zero attached hydrogens (tertiary/aromatic N) is 1. The van der Waals surface area contributed by atoms with Gasteiger partial charge < -0.3 is 5.32 Å². The van der Waals surface area contributed by atoms with Gasteiger partial charge in [-0.05, 0) is 47.8 Å². The van der Waals surface area contributed by atoms with E-state index in [4.69, 9.17) is 0 Å². The Bertz CT molecular complexity index is 414. The van der Waals surface area contributed by atoms with Crippen LogP contribution in [0.3, 0.4) is 0 Å². The second kappa shape index (κ2) is 5.63. The molecule has 4 heteroatoms. The van der Waals surface area contributed by atoms with Crippen molar-refractivity contribution >= 4 is 27.7 Å². The van der Waals surface area contributed by atoms with E-state index in [-0.39, 0.29) is 11.8 Å². The molecular weight excluding hydrogens is 280 g/mol. The molecule has 1 aromatic heterocycles. The minimum absolute atomic E-state index is 0.124. The van der Waals surface area contributed by atoms with Crippen molar-refractivity contribution in [1.29, 1.82) is 0 Å². The number of hydrogen-bond donors (Lipinski definition) is 1. The molecule has 1 saturated carbocycles. The van der Waals surface area contributed by atoms with Crippen LogP contribution in [-0.2, 0) is 4.79 Å². The monoisotopic (exact) mass is 296 g/mol. The summed E-state index contributed by atoms with van der Waals surface area (Å²) >= 11 is 3.40. The molecule has 1 N–H and O–H groups in total. The summed E-state index contributed by atoms with van der Waals surface area (Å²) in [4.78, 5) is 16.3. The van der Waals surface area contributed by atoms with Gasteiger partial charge in [0.05, 0.1) is 5.69 Å². The zero-order chi connectivity index (χ0) is 12.3. The number of halogens is 1. The molecule has 1 aliphatic rings. The van der Waals surface area contributed by atoms with E-state index in [0.29, 0.717) is 5.82 Å². The Morgan fingerprint density at radius 3 is 2.71 bits per heavy atom. The van der Waals surface area contributed by atoms with Crippen molar-refractivity contribution in [2.75, 3.05) is 5.32 Å². The summed E-state index contributed by atoms with van der Waals surface area (Å²) < 4.78 is 0.966. The minimum atomic E-state index is 0.124. The van der Waals surface area contributed by atoms with Crippen LogP contribution < -0.4 is 5.32 Å². The molecule has 0 atom stereocenters. The highest BCUT2D eigenvalue weighted by Crippen LogP contribution is 2.25. The molecule has 17 heavy (non-hydrogen) atoms. The van der Waals surface area contributed by atoms with Crippen molar-refractivity contribution in [2.24, 2.45) is 5.92 Å². The van der Waals surface area contributed by atoms with Gasteiger partial charge in [0.25, 0.3) is 0 Å². The number of carbonyl (C=O) groups is 1. The lowest BCUT2D eigenvalue weighted by atomic mass is 9.89. The Morgan fingerprint density at radius 2 is 2.06 bits per heavy atom. The van der Waals surface area contributed by atoms with Crippen LogP contribution in [0.15, 0.2) is 16.6 Å². The lowest BCUT2D eigenvalue weighted by molar-refractivity contribution is -0.120. The van der Waals surface area contributed by atoms with Crippen molar-refractivity contribution in [3.63, 3.8) is 0 Å². The number of hydrogen-bond acceptors (Lipinski definition) is 2. The summed E-state index contributed by atoms with van der Waals surface area (Å²) in [5, 5.41) is 2.91. The van der Waals surface area contributed by atoms with Gasteiger partial charge in [-0.2, -0.15) is 0 Å². The largest absolute Gasteiger partial charge is 0.310 e. The molecule has 92 valence electrons. The molecule has 2 rings (SSSR count). The summed E-state index contributed by atoms with van der Waals surface area (Å²) in [5.74, 6) is 0.953. The van der Waals surface area contributed by atoms with Gasteiger partial charge in [-0.3, -0.25) is 4.79 Å². The highest BCUT2D eigenvalue weighted by atomic mass is 79.9. The second-order valence-electron chi connectivity index (χ2n) is 4.59. The third-order valence-corrected chi connectivity index (χ3v) is 4.09. The Hall–Kier alpha value is -0.900. The summed E-state index contributed by atoms with van der Waals surface area (Å²) in [6.07, 6.45) is 5.64. The van der Waals surface area contributed by atoms with Gasteiger partial charge in [-0.15, -0.1) is 0 Å². The van der Waals surface area contributed by atoms with Gasteiger partial charge >= 0.3 is 0 Å². The highest BCUT2D eigenvalue weighted by molar-refractivity contribution is 9.10. The molecule has 0 saturated heterocycles. The van der Waals surface area contributed by atoms with E-state index in [1.807, 2.05) is 19.1 Å². The molecule has 1 heterocycles. The van der Waals surface area contributed by atoms with Gasteiger partial charge in [-0.25, -0.2) is 4.98 Å². The van der Waals surface area contributed by atoms with E-state index in [2.05, 4.69) is 26.2 Å². The van der Waals surface area contributed by atoms with Crippen LogP contribution in [0.1, 0.15) is 37.8 Å². The van der Waals surface area contributed by atoms with Crippen LogP contribution >= 0.6 is 15.9 Å². The summed E-state index contributed by atoms with van der Waals surface area (Å²) in [7, 11) is 0. The number of rotatable bonds is 2. The number of aromatic nitrogens is 1. The van der Waals surface area contributed by atoms with E-state index < -0.39 is 0 Å². The third kappa shape index (κ3) is 3.28. The number of carbonyl (C=O) groups excluding carboxylic acids is 1. The number of amides is 1. The molecule has 0 bridgehead atoms. The van der Waals surface area contributed by atoms with Gasteiger partial charge in [0.1, 0.15) is 5.82 Å². The molecule has 0 unspecified atom stereocenters. The molecule has 1 amide bonds. The van der Waals surface area contributed by atoms with E-state index in [1.165, 1.54) is 19.3 Å². The van der Waals surface area contributed by atoms with Crippen LogP contribution in [0.25, 0.3) is 0 Å². The first-order valence-corrected chi connectivity index (χ1v) is 6.90. The predicted molar refractivity (Wildman–Crippen MR) is 71.9 cm³/mol. The molecule has 0 aromatic carbocycles. The molecule has 1 fully saturated rings. The van der Waals surface area contributed by atoms with Crippen molar-refractivity contribution < 1.29 is 4.79 Å². The van der Waals surface area contributed by atoms with Gasteiger partial charge in [0, 0.05) is 10.4 Å². The zero-order valence-corrected chi connectivity index (χ0v) is 11.6. The fourth-order valence-corrected chi connectivity index (χ4v) is 2.43. The third-order valence-electron chi connectivity index (χ3n) is 3.25. The molecular formula is C13H17BrN2O. The first-order valence-electron chi connectivity index (χ1n) is 6.11. The van der Waals surface area contributed by atoms with Gasteiger partial charge in [-0.1, -0.05) is 19.3 Å². The van der Waals surface area contributed by atoms with Crippen molar-refractivity contribution in [2.45, 2.75) is 39.0 Å². The summed E-state index contributed by atoms with van der Waals surface area (Å²) in [5.41, 5.74) is 0.895. The first kappa shape index (κ1) is 12.6. The molecule has 1 aliphatic carbocycles. The van der Waals surface area contributed by atoms with Crippen LogP contribution in [0, 0.1) is 12.8 Å². The van der Waals surface area contributed by atoms with Gasteiger partial charge in [0.2, 0.25) is 5.91 Å². The van der Waals surface area contributed by atoms with Crippen LogP contribution in [0.2, 0.25) is 0 Å². The number of anilines is 1. The normalized spacial score (nSPS) is 16.8. The summed E-state index contributed by atoms with van der Waals surface area (Å²) in [6.45, 7) is 1.92. The zero-order valence-electron chi connectivity index (χ0n) is 10.0. The van der Waals surface area contributed by atoms with Crippen LogP contribution in [0.5, 0.6) is 0 Å². The average molecular weight is 297 g/mol. The van der Waals surface area contributed by atoms with Gasteiger partial charge in [0.15, 0.2) is 0 Å². The standard InChI is InChI=1S/C13H17BrN2O/c1-9-11(14)7-8-12(15-9)16-13(17)10-5-3-2-4-6-10/h7-8,10H,2-6H2,1H3,(H,15,16,17). The van der Waals surface area contributed by atoms with E-state index in [0.717, 1.165) is 23.0 Å². The minimum Gasteiger partial charge on any atom is -0.310 e. The maximum Gasteiger partial charge on any atom is 0.228 e. The maximum absolute atomic E-state index is 12.0. The Kier molecular flexibility index (Phi) is 4.15. The fourth-order valence-electron chi connectivity index (χ4n) is 2.21. The average Bonchev–Trinajstić information content (AvgIpc) is 2.35. The van der Waals surface area contributed by atoms with E-state index >= 15 is 0 Å². The number of nitrogens with one attached hydrogen (secondary N) is 1. The Morgan fingerprint density at radius 1 is 1.35 bits per heavy atom. The topological polar surface area (TPSA) is 42.0 Å². The SMILES string of the molecule is Cc1nc(NC(=O)C2CCCCC2)ccc1Br.